The van der Waals surface area contributed by atoms with Crippen LogP contribution >= 0.6 is 0 Å². The first-order valence-corrected chi connectivity index (χ1v) is 4.38. The molecule has 1 atom stereocenters. The van der Waals surface area contributed by atoms with Crippen molar-refractivity contribution in [2.75, 3.05) is 0 Å². The lowest BCUT2D eigenvalue weighted by Crippen LogP contribution is -1.85. The van der Waals surface area contributed by atoms with Gasteiger partial charge in [0.05, 0.1) is 6.26 Å². The van der Waals surface area contributed by atoms with E-state index in [4.69, 9.17) is 4.42 Å². The first-order valence-electron chi connectivity index (χ1n) is 4.38. The maximum Gasteiger partial charge on any atom is 0.106 e. The minimum Gasteiger partial charge on any atom is -0.469 e. The van der Waals surface area contributed by atoms with E-state index in [1.54, 1.807) is 6.26 Å². The van der Waals surface area contributed by atoms with Crippen LogP contribution in [-0.4, -0.2) is 0 Å². The van der Waals surface area contributed by atoms with E-state index in [0.29, 0.717) is 5.92 Å². The Kier molecular flexibility index (Phi) is 5.63. The highest BCUT2D eigenvalue weighted by Gasteiger charge is 2.02. The van der Waals surface area contributed by atoms with Gasteiger partial charge in [0.15, 0.2) is 0 Å². The van der Waals surface area contributed by atoms with Gasteiger partial charge in [0, 0.05) is 5.92 Å². The minimum absolute atomic E-state index is 0.569. The van der Waals surface area contributed by atoms with Crippen molar-refractivity contribution in [3.63, 3.8) is 0 Å². The molecule has 0 saturated carbocycles. The van der Waals surface area contributed by atoms with Gasteiger partial charge in [0.2, 0.25) is 0 Å². The molecule has 1 heterocycles. The van der Waals surface area contributed by atoms with E-state index in [1.807, 2.05) is 26.0 Å². The largest absolute Gasteiger partial charge is 0.469 e. The van der Waals surface area contributed by atoms with E-state index in [0.717, 1.165) is 12.2 Å². The second-order valence-corrected chi connectivity index (χ2v) is 2.32. The summed E-state index contributed by atoms with van der Waals surface area (Å²) < 4.78 is 5.19. The van der Waals surface area contributed by atoms with Gasteiger partial charge >= 0.3 is 0 Å². The number of furan rings is 1. The molecule has 0 saturated heterocycles. The Morgan fingerprint density at radius 2 is 2.09 bits per heavy atom. The van der Waals surface area contributed by atoms with Gasteiger partial charge in [-0.05, 0) is 18.6 Å². The Balaban J connectivity index is 0.000000461. The van der Waals surface area contributed by atoms with Gasteiger partial charge in [-0.2, -0.15) is 0 Å². The van der Waals surface area contributed by atoms with Crippen molar-refractivity contribution in [2.45, 2.75) is 40.0 Å². The lowest BCUT2D eigenvalue weighted by atomic mass is 10.1. The van der Waals surface area contributed by atoms with Gasteiger partial charge in [-0.1, -0.05) is 27.7 Å². The molecule has 0 spiro atoms. The standard InChI is InChI=1S/C8H12O.C2H6/c1-3-7(2)8-5-4-6-9-8;1-2/h4-7H,3H2,1-2H3;1-2H3/t7-;/m1./s1. The molecule has 0 unspecified atom stereocenters. The predicted octanol–water partition coefficient (Wildman–Crippen LogP) is 3.82. The molecule has 0 aliphatic rings. The molecule has 11 heavy (non-hydrogen) atoms. The molecular formula is C10H18O. The Hall–Kier alpha value is -0.720. The molecule has 0 aliphatic heterocycles. The SMILES string of the molecule is CC.CC[C@@H](C)c1ccco1. The highest BCUT2D eigenvalue weighted by molar-refractivity contribution is 5.03. The average molecular weight is 154 g/mol. The maximum absolute atomic E-state index is 5.19. The van der Waals surface area contributed by atoms with Crippen molar-refractivity contribution in [3.8, 4) is 0 Å². The zero-order valence-electron chi connectivity index (χ0n) is 7.92. The third kappa shape index (κ3) is 3.26. The molecule has 1 aromatic heterocycles. The van der Waals surface area contributed by atoms with Gasteiger partial charge < -0.3 is 4.42 Å². The molecule has 64 valence electrons. The van der Waals surface area contributed by atoms with E-state index >= 15 is 0 Å². The average Bonchev–Trinajstić information content (AvgIpc) is 2.59. The molecular weight excluding hydrogens is 136 g/mol. The molecule has 0 bridgehead atoms. The zero-order chi connectivity index (χ0) is 8.69. The summed E-state index contributed by atoms with van der Waals surface area (Å²) in [5, 5.41) is 0. The van der Waals surface area contributed by atoms with E-state index in [9.17, 15) is 0 Å². The molecule has 0 aliphatic carbocycles. The Morgan fingerprint density at radius 1 is 1.45 bits per heavy atom. The summed E-state index contributed by atoms with van der Waals surface area (Å²) in [6, 6.07) is 3.95. The zero-order valence-corrected chi connectivity index (χ0v) is 7.92. The Morgan fingerprint density at radius 3 is 2.45 bits per heavy atom. The topological polar surface area (TPSA) is 13.1 Å². The smallest absolute Gasteiger partial charge is 0.106 e. The van der Waals surface area contributed by atoms with Gasteiger partial charge in [0.25, 0.3) is 0 Å². The third-order valence-electron chi connectivity index (χ3n) is 1.64. The van der Waals surface area contributed by atoms with Gasteiger partial charge in [0.1, 0.15) is 5.76 Å². The summed E-state index contributed by atoms with van der Waals surface area (Å²) >= 11 is 0. The molecule has 1 nitrogen and oxygen atoms in total. The summed E-state index contributed by atoms with van der Waals surface area (Å²) in [7, 11) is 0. The van der Waals surface area contributed by atoms with Gasteiger partial charge in [-0.3, -0.25) is 0 Å². The van der Waals surface area contributed by atoms with Crippen LogP contribution in [0.25, 0.3) is 0 Å². The van der Waals surface area contributed by atoms with Gasteiger partial charge in [-0.25, -0.2) is 0 Å². The fourth-order valence-electron chi connectivity index (χ4n) is 0.773. The summed E-state index contributed by atoms with van der Waals surface area (Å²) in [6.07, 6.45) is 2.87. The van der Waals surface area contributed by atoms with Gasteiger partial charge in [-0.15, -0.1) is 0 Å². The highest BCUT2D eigenvalue weighted by atomic mass is 16.3. The summed E-state index contributed by atoms with van der Waals surface area (Å²) in [5.74, 6) is 1.66. The summed E-state index contributed by atoms with van der Waals surface area (Å²) in [6.45, 7) is 8.33. The molecule has 0 radical (unpaired) electrons. The summed E-state index contributed by atoms with van der Waals surface area (Å²) in [5.41, 5.74) is 0. The van der Waals surface area contributed by atoms with Crippen LogP contribution in [0.1, 0.15) is 45.8 Å². The molecule has 1 rings (SSSR count). The number of rotatable bonds is 2. The van der Waals surface area contributed by atoms with Crippen molar-refractivity contribution >= 4 is 0 Å². The number of hydrogen-bond donors (Lipinski definition) is 0. The van der Waals surface area contributed by atoms with Crippen LogP contribution in [-0.2, 0) is 0 Å². The van der Waals surface area contributed by atoms with Crippen LogP contribution in [0, 0.1) is 0 Å². The second kappa shape index (κ2) is 6.02. The lowest BCUT2D eigenvalue weighted by molar-refractivity contribution is 0.469. The van der Waals surface area contributed by atoms with Crippen molar-refractivity contribution in [2.24, 2.45) is 0 Å². The fraction of sp³-hybridized carbons (Fsp3) is 0.600. The van der Waals surface area contributed by atoms with Crippen molar-refractivity contribution in [1.82, 2.24) is 0 Å². The normalized spacial score (nSPS) is 11.6. The highest BCUT2D eigenvalue weighted by Crippen LogP contribution is 2.17. The van der Waals surface area contributed by atoms with Crippen LogP contribution in [0.5, 0.6) is 0 Å². The van der Waals surface area contributed by atoms with E-state index < -0.39 is 0 Å². The quantitative estimate of drug-likeness (QED) is 0.631. The monoisotopic (exact) mass is 154 g/mol. The minimum atomic E-state index is 0.569. The van der Waals surface area contributed by atoms with Crippen LogP contribution in [0.15, 0.2) is 22.8 Å². The fourth-order valence-corrected chi connectivity index (χ4v) is 0.773. The first kappa shape index (κ1) is 10.3. The lowest BCUT2D eigenvalue weighted by Gasteiger charge is -2.01. The van der Waals surface area contributed by atoms with Crippen molar-refractivity contribution < 1.29 is 4.42 Å². The van der Waals surface area contributed by atoms with Crippen LogP contribution in [0.4, 0.5) is 0 Å². The third-order valence-corrected chi connectivity index (χ3v) is 1.64. The molecule has 0 amide bonds. The van der Waals surface area contributed by atoms with E-state index in [-0.39, 0.29) is 0 Å². The van der Waals surface area contributed by atoms with Crippen LogP contribution in [0.3, 0.4) is 0 Å². The van der Waals surface area contributed by atoms with Crippen LogP contribution in [0.2, 0.25) is 0 Å². The maximum atomic E-state index is 5.19. The predicted molar refractivity (Wildman–Crippen MR) is 48.8 cm³/mol. The Bertz CT molecular complexity index is 153. The van der Waals surface area contributed by atoms with E-state index in [1.165, 1.54) is 0 Å². The van der Waals surface area contributed by atoms with Crippen LogP contribution < -0.4 is 0 Å². The Labute approximate surface area is 69.4 Å². The molecule has 1 heteroatoms. The first-order chi connectivity index (χ1) is 5.34. The van der Waals surface area contributed by atoms with Crippen molar-refractivity contribution in [1.29, 1.82) is 0 Å². The molecule has 0 N–H and O–H groups in total. The number of hydrogen-bond acceptors (Lipinski definition) is 1. The molecule has 0 fully saturated rings. The molecule has 1 aromatic rings. The van der Waals surface area contributed by atoms with Crippen molar-refractivity contribution in [3.05, 3.63) is 24.2 Å². The van der Waals surface area contributed by atoms with E-state index in [2.05, 4.69) is 13.8 Å². The second-order valence-electron chi connectivity index (χ2n) is 2.32. The molecule has 0 aromatic carbocycles. The summed E-state index contributed by atoms with van der Waals surface area (Å²) in [4.78, 5) is 0.